The molecule has 0 saturated heterocycles. The highest BCUT2D eigenvalue weighted by Crippen LogP contribution is 2.14. The molecule has 0 aliphatic carbocycles. The van der Waals surface area contributed by atoms with E-state index in [1.807, 2.05) is 0 Å². The number of nitrogens with one attached hydrogen (secondary N) is 1. The predicted molar refractivity (Wildman–Crippen MR) is 55.9 cm³/mol. The van der Waals surface area contributed by atoms with Crippen LogP contribution in [-0.4, -0.2) is 16.3 Å². The van der Waals surface area contributed by atoms with Crippen molar-refractivity contribution in [3.8, 4) is 0 Å². The molecule has 5 heteroatoms. The first-order chi connectivity index (χ1) is 6.09. The zero-order valence-corrected chi connectivity index (χ0v) is 9.26. The fourth-order valence-corrected chi connectivity index (χ4v) is 1.14. The van der Waals surface area contributed by atoms with Crippen LogP contribution in [0.5, 0.6) is 0 Å². The normalized spacial score (nSPS) is 12.2. The van der Waals surface area contributed by atoms with Crippen LogP contribution in [0.25, 0.3) is 0 Å². The van der Waals surface area contributed by atoms with Crippen molar-refractivity contribution < 1.29 is 4.79 Å². The van der Waals surface area contributed by atoms with Gasteiger partial charge in [-0.1, -0.05) is 0 Å². The molecule has 1 amide bonds. The number of rotatable bonds is 2. The van der Waals surface area contributed by atoms with Crippen LogP contribution in [0.15, 0.2) is 22.9 Å². The second kappa shape index (κ2) is 4.58. The summed E-state index contributed by atoms with van der Waals surface area (Å²) >= 11 is 8.82. The van der Waals surface area contributed by atoms with Crippen molar-refractivity contribution in [2.24, 2.45) is 0 Å². The summed E-state index contributed by atoms with van der Waals surface area (Å²) in [4.78, 5) is 15.0. The molecule has 13 heavy (non-hydrogen) atoms. The van der Waals surface area contributed by atoms with Crippen molar-refractivity contribution in [2.75, 3.05) is 5.32 Å². The third-order valence-corrected chi connectivity index (χ3v) is 1.97. The van der Waals surface area contributed by atoms with Crippen LogP contribution in [0.2, 0.25) is 0 Å². The Morgan fingerprint density at radius 2 is 2.38 bits per heavy atom. The topological polar surface area (TPSA) is 42.0 Å². The molecule has 1 rings (SSSR count). The van der Waals surface area contributed by atoms with Gasteiger partial charge >= 0.3 is 0 Å². The van der Waals surface area contributed by atoms with Crippen molar-refractivity contribution in [2.45, 2.75) is 12.3 Å². The summed E-state index contributed by atoms with van der Waals surface area (Å²) in [5, 5.41) is 2.08. The molecule has 1 aromatic rings. The van der Waals surface area contributed by atoms with E-state index in [1.165, 1.54) is 0 Å². The van der Waals surface area contributed by atoms with Gasteiger partial charge in [0, 0.05) is 10.7 Å². The highest BCUT2D eigenvalue weighted by molar-refractivity contribution is 9.10. The van der Waals surface area contributed by atoms with Crippen LogP contribution >= 0.6 is 27.5 Å². The van der Waals surface area contributed by atoms with Crippen molar-refractivity contribution in [3.05, 3.63) is 22.9 Å². The summed E-state index contributed by atoms with van der Waals surface area (Å²) in [6.07, 6.45) is 3.20. The van der Waals surface area contributed by atoms with E-state index in [2.05, 4.69) is 26.2 Å². The number of hydrogen-bond donors (Lipinski definition) is 1. The average molecular weight is 264 g/mol. The van der Waals surface area contributed by atoms with Gasteiger partial charge in [-0.2, -0.15) is 0 Å². The maximum atomic E-state index is 11.1. The molecule has 1 N–H and O–H groups in total. The quantitative estimate of drug-likeness (QED) is 0.833. The lowest BCUT2D eigenvalue weighted by Gasteiger charge is -2.05. The zero-order chi connectivity index (χ0) is 9.84. The van der Waals surface area contributed by atoms with E-state index in [-0.39, 0.29) is 5.91 Å². The molecule has 1 atom stereocenters. The number of alkyl halides is 1. The molecule has 0 spiro atoms. The summed E-state index contributed by atoms with van der Waals surface area (Å²) in [5.41, 5.74) is 0.631. The minimum atomic E-state index is -0.543. The van der Waals surface area contributed by atoms with E-state index in [0.29, 0.717) is 5.69 Å². The van der Waals surface area contributed by atoms with Crippen LogP contribution in [0.3, 0.4) is 0 Å². The van der Waals surface area contributed by atoms with Gasteiger partial charge in [-0.05, 0) is 28.9 Å². The molecule has 0 aliphatic rings. The van der Waals surface area contributed by atoms with E-state index in [4.69, 9.17) is 11.6 Å². The Labute approximate surface area is 89.6 Å². The second-order valence-electron chi connectivity index (χ2n) is 2.50. The van der Waals surface area contributed by atoms with Gasteiger partial charge in [-0.25, -0.2) is 0 Å². The number of amides is 1. The molecule has 1 heterocycles. The Kier molecular flexibility index (Phi) is 3.69. The lowest BCUT2D eigenvalue weighted by atomic mass is 10.4. The number of pyridine rings is 1. The Morgan fingerprint density at radius 1 is 1.69 bits per heavy atom. The number of nitrogens with zero attached hydrogens (tertiary/aromatic N) is 1. The summed E-state index contributed by atoms with van der Waals surface area (Å²) in [7, 11) is 0. The third kappa shape index (κ3) is 3.32. The number of carbonyl (C=O) groups is 1. The lowest BCUT2D eigenvalue weighted by molar-refractivity contribution is -0.115. The monoisotopic (exact) mass is 262 g/mol. The third-order valence-electron chi connectivity index (χ3n) is 1.33. The molecule has 1 unspecified atom stereocenters. The fraction of sp³-hybridized carbons (Fsp3) is 0.250. The first-order valence-electron chi connectivity index (χ1n) is 3.65. The Morgan fingerprint density at radius 3 is 2.92 bits per heavy atom. The van der Waals surface area contributed by atoms with Crippen molar-refractivity contribution in [3.63, 3.8) is 0 Å². The summed E-state index contributed by atoms with van der Waals surface area (Å²) < 4.78 is 0.813. The highest BCUT2D eigenvalue weighted by Gasteiger charge is 2.08. The van der Waals surface area contributed by atoms with Gasteiger partial charge in [0.2, 0.25) is 5.91 Å². The SMILES string of the molecule is CC(Cl)C(=O)Nc1cncc(Br)c1. The molecule has 0 saturated carbocycles. The summed E-state index contributed by atoms with van der Waals surface area (Å²) in [6.45, 7) is 1.61. The van der Waals surface area contributed by atoms with Gasteiger partial charge in [0.05, 0.1) is 11.9 Å². The van der Waals surface area contributed by atoms with Crippen molar-refractivity contribution in [1.29, 1.82) is 0 Å². The zero-order valence-electron chi connectivity index (χ0n) is 6.92. The first kappa shape index (κ1) is 10.5. The predicted octanol–water partition coefficient (Wildman–Crippen LogP) is 2.41. The van der Waals surface area contributed by atoms with Gasteiger partial charge in [0.1, 0.15) is 5.38 Å². The van der Waals surface area contributed by atoms with Gasteiger partial charge in [0.25, 0.3) is 0 Å². The number of carbonyl (C=O) groups excluding carboxylic acids is 1. The van der Waals surface area contributed by atoms with Crippen molar-refractivity contribution in [1.82, 2.24) is 4.98 Å². The number of aromatic nitrogens is 1. The molecular formula is C8H8BrClN2O. The van der Waals surface area contributed by atoms with Crippen LogP contribution in [-0.2, 0) is 4.79 Å². The van der Waals surface area contributed by atoms with Gasteiger partial charge in [-0.3, -0.25) is 9.78 Å². The summed E-state index contributed by atoms with van der Waals surface area (Å²) in [5.74, 6) is -0.235. The molecule has 0 bridgehead atoms. The Balaban J connectivity index is 2.69. The molecule has 3 nitrogen and oxygen atoms in total. The Bertz CT molecular complexity index is 317. The molecule has 0 aromatic carbocycles. The molecule has 0 fully saturated rings. The molecule has 0 radical (unpaired) electrons. The lowest BCUT2D eigenvalue weighted by Crippen LogP contribution is -2.20. The van der Waals surface area contributed by atoms with E-state index in [0.717, 1.165) is 4.47 Å². The smallest absolute Gasteiger partial charge is 0.242 e. The minimum Gasteiger partial charge on any atom is -0.323 e. The fourth-order valence-electron chi connectivity index (χ4n) is 0.722. The highest BCUT2D eigenvalue weighted by atomic mass is 79.9. The number of halogens is 2. The Hall–Kier alpha value is -0.610. The minimum absolute atomic E-state index is 0.235. The van der Waals surface area contributed by atoms with E-state index < -0.39 is 5.38 Å². The van der Waals surface area contributed by atoms with Gasteiger partial charge in [-0.15, -0.1) is 11.6 Å². The molecule has 0 aliphatic heterocycles. The van der Waals surface area contributed by atoms with Crippen LogP contribution < -0.4 is 5.32 Å². The van der Waals surface area contributed by atoms with E-state index in [9.17, 15) is 4.79 Å². The summed E-state index contributed by atoms with van der Waals surface area (Å²) in [6, 6.07) is 1.75. The van der Waals surface area contributed by atoms with Gasteiger partial charge < -0.3 is 5.32 Å². The number of anilines is 1. The first-order valence-corrected chi connectivity index (χ1v) is 4.88. The standard InChI is InChI=1S/C8H8BrClN2O/c1-5(10)8(13)12-7-2-6(9)3-11-4-7/h2-5H,1H3,(H,12,13). The van der Waals surface area contributed by atoms with Crippen molar-refractivity contribution >= 4 is 39.1 Å². The molecule has 70 valence electrons. The van der Waals surface area contributed by atoms with Crippen LogP contribution in [0.4, 0.5) is 5.69 Å². The van der Waals surface area contributed by atoms with Crippen LogP contribution in [0, 0.1) is 0 Å². The average Bonchev–Trinajstić information content (AvgIpc) is 2.04. The molecular weight excluding hydrogens is 255 g/mol. The largest absolute Gasteiger partial charge is 0.323 e. The van der Waals surface area contributed by atoms with Gasteiger partial charge in [0.15, 0.2) is 0 Å². The maximum Gasteiger partial charge on any atom is 0.242 e. The maximum absolute atomic E-state index is 11.1. The van der Waals surface area contributed by atoms with E-state index >= 15 is 0 Å². The van der Waals surface area contributed by atoms with Crippen LogP contribution in [0.1, 0.15) is 6.92 Å². The second-order valence-corrected chi connectivity index (χ2v) is 4.07. The van der Waals surface area contributed by atoms with E-state index in [1.54, 1.807) is 25.4 Å². The molecule has 1 aromatic heterocycles. The number of hydrogen-bond acceptors (Lipinski definition) is 2.